The van der Waals surface area contributed by atoms with Gasteiger partial charge < -0.3 is 10.2 Å². The van der Waals surface area contributed by atoms with Crippen LogP contribution in [0, 0.1) is 0 Å². The summed E-state index contributed by atoms with van der Waals surface area (Å²) in [4.78, 5) is 7.17. The van der Waals surface area contributed by atoms with Crippen LogP contribution in [0.5, 0.6) is 0 Å². The SMILES string of the molecule is CCc1cc(CNC2CC2)cc(N(C)C2CCC2)n1. The highest BCUT2D eigenvalue weighted by Crippen LogP contribution is 2.28. The predicted octanol–water partition coefficient (Wildman–Crippen LogP) is 2.88. The van der Waals surface area contributed by atoms with Gasteiger partial charge in [0.05, 0.1) is 0 Å². The molecule has 2 aliphatic rings. The number of anilines is 1. The van der Waals surface area contributed by atoms with Gasteiger partial charge in [-0.2, -0.15) is 0 Å². The normalized spacial score (nSPS) is 19.3. The molecule has 0 amide bonds. The Bertz CT molecular complexity index is 436. The summed E-state index contributed by atoms with van der Waals surface area (Å²) >= 11 is 0. The first-order chi connectivity index (χ1) is 9.26. The molecule has 0 radical (unpaired) electrons. The van der Waals surface area contributed by atoms with Crippen LogP contribution in [0.15, 0.2) is 12.1 Å². The Hall–Kier alpha value is -1.09. The fourth-order valence-corrected chi connectivity index (χ4v) is 2.61. The summed E-state index contributed by atoms with van der Waals surface area (Å²) in [6.07, 6.45) is 7.73. The van der Waals surface area contributed by atoms with Gasteiger partial charge in [0.15, 0.2) is 0 Å². The van der Waals surface area contributed by atoms with E-state index >= 15 is 0 Å². The quantitative estimate of drug-likeness (QED) is 0.851. The second-order valence-electron chi connectivity index (χ2n) is 6.03. The maximum Gasteiger partial charge on any atom is 0.129 e. The highest BCUT2D eigenvalue weighted by molar-refractivity contribution is 5.43. The molecular formula is C16H25N3. The van der Waals surface area contributed by atoms with Crippen molar-refractivity contribution in [1.82, 2.24) is 10.3 Å². The zero-order valence-electron chi connectivity index (χ0n) is 12.2. The molecule has 3 nitrogen and oxygen atoms in total. The van der Waals surface area contributed by atoms with Crippen molar-refractivity contribution in [1.29, 1.82) is 0 Å². The third kappa shape index (κ3) is 3.08. The molecule has 1 aromatic rings. The average molecular weight is 259 g/mol. The van der Waals surface area contributed by atoms with Gasteiger partial charge in [0.1, 0.15) is 5.82 Å². The van der Waals surface area contributed by atoms with Crippen molar-refractivity contribution in [3.05, 3.63) is 23.4 Å². The van der Waals surface area contributed by atoms with Crippen LogP contribution in [0.2, 0.25) is 0 Å². The average Bonchev–Trinajstić information content (AvgIpc) is 3.18. The van der Waals surface area contributed by atoms with Crippen LogP contribution in [0.25, 0.3) is 0 Å². The topological polar surface area (TPSA) is 28.2 Å². The molecule has 19 heavy (non-hydrogen) atoms. The Morgan fingerprint density at radius 2 is 2.05 bits per heavy atom. The highest BCUT2D eigenvalue weighted by Gasteiger charge is 2.24. The van der Waals surface area contributed by atoms with Crippen LogP contribution in [-0.2, 0) is 13.0 Å². The Balaban J connectivity index is 1.74. The molecule has 0 spiro atoms. The minimum Gasteiger partial charge on any atom is -0.357 e. The lowest BCUT2D eigenvalue weighted by Gasteiger charge is -2.36. The molecule has 0 bridgehead atoms. The van der Waals surface area contributed by atoms with Gasteiger partial charge in [-0.25, -0.2) is 4.98 Å². The molecule has 3 rings (SSSR count). The Morgan fingerprint density at radius 1 is 1.26 bits per heavy atom. The predicted molar refractivity (Wildman–Crippen MR) is 79.5 cm³/mol. The number of aryl methyl sites for hydroxylation is 1. The van der Waals surface area contributed by atoms with E-state index in [1.807, 2.05) is 0 Å². The van der Waals surface area contributed by atoms with Gasteiger partial charge in [0, 0.05) is 31.4 Å². The summed E-state index contributed by atoms with van der Waals surface area (Å²) < 4.78 is 0. The summed E-state index contributed by atoms with van der Waals surface area (Å²) in [6.45, 7) is 3.18. The van der Waals surface area contributed by atoms with E-state index < -0.39 is 0 Å². The van der Waals surface area contributed by atoms with Gasteiger partial charge in [0.2, 0.25) is 0 Å². The van der Waals surface area contributed by atoms with Crippen LogP contribution in [0.1, 0.15) is 50.3 Å². The van der Waals surface area contributed by atoms with Crippen LogP contribution in [0.4, 0.5) is 5.82 Å². The molecular weight excluding hydrogens is 234 g/mol. The number of aromatic nitrogens is 1. The number of rotatable bonds is 6. The van der Waals surface area contributed by atoms with Crippen molar-refractivity contribution in [3.63, 3.8) is 0 Å². The standard InChI is InChI=1S/C16H25N3/c1-3-13-9-12(11-17-14-7-8-14)10-16(18-13)19(2)15-5-4-6-15/h9-10,14-15,17H,3-8,11H2,1-2H3. The fraction of sp³-hybridized carbons (Fsp3) is 0.688. The Kier molecular flexibility index (Phi) is 3.74. The van der Waals surface area contributed by atoms with Crippen molar-refractivity contribution < 1.29 is 0 Å². The van der Waals surface area contributed by atoms with E-state index in [1.54, 1.807) is 0 Å². The van der Waals surface area contributed by atoms with Crippen LogP contribution >= 0.6 is 0 Å². The Labute approximate surface area is 116 Å². The molecule has 1 N–H and O–H groups in total. The van der Waals surface area contributed by atoms with Gasteiger partial charge in [-0.15, -0.1) is 0 Å². The van der Waals surface area contributed by atoms with E-state index in [2.05, 4.69) is 36.3 Å². The molecule has 2 saturated carbocycles. The molecule has 0 saturated heterocycles. The van der Waals surface area contributed by atoms with Crippen LogP contribution in [0.3, 0.4) is 0 Å². The van der Waals surface area contributed by atoms with E-state index in [1.165, 1.54) is 43.4 Å². The van der Waals surface area contributed by atoms with E-state index in [-0.39, 0.29) is 0 Å². The van der Waals surface area contributed by atoms with Crippen LogP contribution < -0.4 is 10.2 Å². The summed E-state index contributed by atoms with van der Waals surface area (Å²) in [6, 6.07) is 6.01. The largest absolute Gasteiger partial charge is 0.357 e. The molecule has 0 aliphatic heterocycles. The maximum absolute atomic E-state index is 4.80. The van der Waals surface area contributed by atoms with Crippen molar-refractivity contribution in [2.75, 3.05) is 11.9 Å². The van der Waals surface area contributed by atoms with Crippen molar-refractivity contribution >= 4 is 5.82 Å². The zero-order valence-corrected chi connectivity index (χ0v) is 12.2. The van der Waals surface area contributed by atoms with Gasteiger partial charge in [-0.3, -0.25) is 0 Å². The van der Waals surface area contributed by atoms with E-state index in [9.17, 15) is 0 Å². The minimum absolute atomic E-state index is 0.712. The van der Waals surface area contributed by atoms with Gasteiger partial charge in [0.25, 0.3) is 0 Å². The molecule has 3 heteroatoms. The van der Waals surface area contributed by atoms with Crippen molar-refractivity contribution in [2.45, 2.75) is 64.1 Å². The molecule has 2 aliphatic carbocycles. The first kappa shape index (κ1) is 12.9. The molecule has 1 heterocycles. The smallest absolute Gasteiger partial charge is 0.129 e. The number of nitrogens with one attached hydrogen (secondary N) is 1. The first-order valence-corrected chi connectivity index (χ1v) is 7.72. The third-order valence-electron chi connectivity index (χ3n) is 4.44. The fourth-order valence-electron chi connectivity index (χ4n) is 2.61. The lowest BCUT2D eigenvalue weighted by atomic mass is 9.92. The molecule has 104 valence electrons. The molecule has 2 fully saturated rings. The van der Waals surface area contributed by atoms with E-state index in [0.29, 0.717) is 6.04 Å². The maximum atomic E-state index is 4.80. The van der Waals surface area contributed by atoms with Gasteiger partial charge >= 0.3 is 0 Å². The lowest BCUT2D eigenvalue weighted by Crippen LogP contribution is -2.37. The monoisotopic (exact) mass is 259 g/mol. The van der Waals surface area contributed by atoms with Crippen molar-refractivity contribution in [2.24, 2.45) is 0 Å². The summed E-state index contributed by atoms with van der Waals surface area (Å²) in [5.74, 6) is 1.16. The number of pyridine rings is 1. The third-order valence-corrected chi connectivity index (χ3v) is 4.44. The van der Waals surface area contributed by atoms with E-state index in [4.69, 9.17) is 4.98 Å². The number of nitrogens with zero attached hydrogens (tertiary/aromatic N) is 2. The summed E-state index contributed by atoms with van der Waals surface area (Å²) in [7, 11) is 2.20. The van der Waals surface area contributed by atoms with Crippen molar-refractivity contribution in [3.8, 4) is 0 Å². The second-order valence-corrected chi connectivity index (χ2v) is 6.03. The highest BCUT2D eigenvalue weighted by atomic mass is 15.2. The van der Waals surface area contributed by atoms with Crippen LogP contribution in [-0.4, -0.2) is 24.1 Å². The van der Waals surface area contributed by atoms with Gasteiger partial charge in [-0.1, -0.05) is 6.92 Å². The lowest BCUT2D eigenvalue weighted by molar-refractivity contribution is 0.399. The first-order valence-electron chi connectivity index (χ1n) is 7.72. The minimum atomic E-state index is 0.712. The molecule has 0 unspecified atom stereocenters. The molecule has 1 aromatic heterocycles. The summed E-state index contributed by atoms with van der Waals surface area (Å²) in [5, 5.41) is 3.60. The van der Waals surface area contributed by atoms with Gasteiger partial charge in [-0.05, 0) is 56.2 Å². The molecule has 0 aromatic carbocycles. The summed E-state index contributed by atoms with van der Waals surface area (Å²) in [5.41, 5.74) is 2.61. The number of hydrogen-bond donors (Lipinski definition) is 1. The number of hydrogen-bond acceptors (Lipinski definition) is 3. The van der Waals surface area contributed by atoms with E-state index in [0.717, 1.165) is 24.8 Å². The molecule has 0 atom stereocenters. The second kappa shape index (κ2) is 5.49. The Morgan fingerprint density at radius 3 is 2.63 bits per heavy atom. The zero-order chi connectivity index (χ0) is 13.2.